The minimum atomic E-state index is -1.05. The van der Waals surface area contributed by atoms with Crippen LogP contribution in [-0.4, -0.2) is 18.2 Å². The van der Waals surface area contributed by atoms with Crippen LogP contribution < -0.4 is 4.74 Å². The van der Waals surface area contributed by atoms with Crippen molar-refractivity contribution in [3.05, 3.63) is 65.2 Å². The Labute approximate surface area is 183 Å². The van der Waals surface area contributed by atoms with Crippen molar-refractivity contribution >= 4 is 5.97 Å². The molecule has 31 heavy (non-hydrogen) atoms. The Morgan fingerprint density at radius 2 is 1.68 bits per heavy atom. The number of ether oxygens (including phenoxy) is 2. The van der Waals surface area contributed by atoms with Crippen LogP contribution in [0.25, 0.3) is 0 Å². The minimum Gasteiger partial charge on any atom is -0.496 e. The lowest BCUT2D eigenvalue weighted by Gasteiger charge is -2.57. The number of carbonyl (C=O) groups excluding carboxylic acids is 1. The fourth-order valence-electron chi connectivity index (χ4n) is 6.60. The molecular weight excluding hydrogens is 388 g/mol. The van der Waals surface area contributed by atoms with Crippen molar-refractivity contribution in [2.45, 2.75) is 50.0 Å². The van der Waals surface area contributed by atoms with Gasteiger partial charge in [-0.05, 0) is 91.4 Å². The molecule has 6 rings (SSSR count). The highest BCUT2D eigenvalue weighted by atomic mass is 16.5. The van der Waals surface area contributed by atoms with Gasteiger partial charge in [-0.1, -0.05) is 30.3 Å². The first kappa shape index (κ1) is 20.2. The molecule has 0 saturated heterocycles. The highest BCUT2D eigenvalue weighted by molar-refractivity contribution is 5.89. The van der Waals surface area contributed by atoms with Crippen LogP contribution in [0.4, 0.5) is 0 Å². The quantitative estimate of drug-likeness (QED) is 0.562. The van der Waals surface area contributed by atoms with Crippen molar-refractivity contribution in [3.63, 3.8) is 0 Å². The van der Waals surface area contributed by atoms with Crippen LogP contribution in [0.5, 0.6) is 5.75 Å². The largest absolute Gasteiger partial charge is 0.496 e. The molecule has 4 aliphatic rings. The SMILES string of the molecule is COc1cc(C(O)C#COC(=O)c2ccccc2)ccc1C12CC3CC(CC(C3)C1)C2. The van der Waals surface area contributed by atoms with E-state index in [1.54, 1.807) is 31.4 Å². The van der Waals surface area contributed by atoms with Crippen LogP contribution in [0.15, 0.2) is 48.5 Å². The third-order valence-corrected chi connectivity index (χ3v) is 7.50. The Hall–Kier alpha value is -2.77. The molecule has 4 saturated carbocycles. The molecule has 1 atom stereocenters. The monoisotopic (exact) mass is 416 g/mol. The second kappa shape index (κ2) is 8.05. The number of methoxy groups -OCH3 is 1. The van der Waals surface area contributed by atoms with Gasteiger partial charge in [-0.3, -0.25) is 0 Å². The number of hydrogen-bond donors (Lipinski definition) is 1. The summed E-state index contributed by atoms with van der Waals surface area (Å²) in [5.41, 5.74) is 2.58. The third kappa shape index (κ3) is 3.83. The predicted molar refractivity (Wildman–Crippen MR) is 117 cm³/mol. The van der Waals surface area contributed by atoms with Gasteiger partial charge in [0.05, 0.1) is 12.7 Å². The van der Waals surface area contributed by atoms with E-state index in [1.165, 1.54) is 44.1 Å². The van der Waals surface area contributed by atoms with Crippen molar-refractivity contribution in [3.8, 4) is 17.8 Å². The van der Waals surface area contributed by atoms with E-state index in [0.29, 0.717) is 11.1 Å². The van der Waals surface area contributed by atoms with Crippen LogP contribution in [0, 0.1) is 29.8 Å². The molecule has 0 spiro atoms. The molecule has 4 bridgehead atoms. The molecule has 0 aromatic heterocycles. The first-order valence-corrected chi connectivity index (χ1v) is 11.2. The number of aliphatic hydroxyl groups is 1. The lowest BCUT2D eigenvalue weighted by Crippen LogP contribution is -2.48. The highest BCUT2D eigenvalue weighted by Crippen LogP contribution is 2.61. The van der Waals surface area contributed by atoms with Crippen molar-refractivity contribution in [2.75, 3.05) is 7.11 Å². The maximum atomic E-state index is 12.0. The summed E-state index contributed by atoms with van der Waals surface area (Å²) in [5, 5.41) is 10.5. The summed E-state index contributed by atoms with van der Waals surface area (Å²) in [6, 6.07) is 14.6. The van der Waals surface area contributed by atoms with Gasteiger partial charge in [-0.15, -0.1) is 0 Å². The molecule has 1 unspecified atom stereocenters. The van der Waals surface area contributed by atoms with Crippen molar-refractivity contribution < 1.29 is 19.4 Å². The molecule has 0 amide bonds. The van der Waals surface area contributed by atoms with Crippen LogP contribution in [0.1, 0.15) is 66.1 Å². The average Bonchev–Trinajstić information content (AvgIpc) is 2.78. The van der Waals surface area contributed by atoms with Gasteiger partial charge >= 0.3 is 5.97 Å². The fourth-order valence-corrected chi connectivity index (χ4v) is 6.60. The second-order valence-corrected chi connectivity index (χ2v) is 9.56. The average molecular weight is 417 g/mol. The summed E-state index contributed by atoms with van der Waals surface area (Å²) in [5.74, 6) is 5.47. The molecule has 4 aliphatic carbocycles. The number of hydrogen-bond acceptors (Lipinski definition) is 4. The van der Waals surface area contributed by atoms with E-state index >= 15 is 0 Å². The van der Waals surface area contributed by atoms with E-state index in [0.717, 1.165) is 23.5 Å². The van der Waals surface area contributed by atoms with E-state index in [2.05, 4.69) is 18.1 Å². The molecule has 2 aromatic carbocycles. The summed E-state index contributed by atoms with van der Waals surface area (Å²) < 4.78 is 10.8. The van der Waals surface area contributed by atoms with Gasteiger partial charge in [-0.2, -0.15) is 0 Å². The fraction of sp³-hybridized carbons (Fsp3) is 0.444. The zero-order valence-corrected chi connectivity index (χ0v) is 17.8. The van der Waals surface area contributed by atoms with Gasteiger partial charge in [0.2, 0.25) is 0 Å². The van der Waals surface area contributed by atoms with Gasteiger partial charge < -0.3 is 14.6 Å². The number of aliphatic hydroxyl groups excluding tert-OH is 1. The first-order valence-electron chi connectivity index (χ1n) is 11.2. The number of carbonyl (C=O) groups is 1. The number of esters is 1. The Morgan fingerprint density at radius 1 is 1.03 bits per heavy atom. The Morgan fingerprint density at radius 3 is 2.29 bits per heavy atom. The van der Waals surface area contributed by atoms with Crippen LogP contribution in [0.2, 0.25) is 0 Å². The molecular formula is C27H28O4. The minimum absolute atomic E-state index is 0.223. The summed E-state index contributed by atoms with van der Waals surface area (Å²) in [7, 11) is 1.70. The van der Waals surface area contributed by atoms with E-state index in [1.807, 2.05) is 18.2 Å². The molecule has 4 heteroatoms. The number of rotatable bonds is 4. The maximum absolute atomic E-state index is 12.0. The molecule has 2 aromatic rings. The van der Waals surface area contributed by atoms with Gasteiger partial charge in [0.15, 0.2) is 0 Å². The predicted octanol–water partition coefficient (Wildman–Crippen LogP) is 5.01. The standard InChI is InChI=1S/C27H28O4/c1-30-25-14-22(24(28)9-10-31-26(29)21-5-3-2-4-6-21)7-8-23(25)27-15-18-11-19(16-27)13-20(12-18)17-27/h2-8,14,18-20,24,28H,11-13,15-17H2,1H3. The summed E-state index contributed by atoms with van der Waals surface area (Å²) >= 11 is 0. The molecule has 4 nitrogen and oxygen atoms in total. The summed E-state index contributed by atoms with van der Waals surface area (Å²) in [6.07, 6.45) is 9.26. The van der Waals surface area contributed by atoms with E-state index in [-0.39, 0.29) is 5.41 Å². The van der Waals surface area contributed by atoms with Crippen LogP contribution in [0.3, 0.4) is 0 Å². The van der Waals surface area contributed by atoms with Crippen molar-refractivity contribution in [1.29, 1.82) is 0 Å². The molecule has 0 radical (unpaired) electrons. The van der Waals surface area contributed by atoms with E-state index in [9.17, 15) is 9.90 Å². The summed E-state index contributed by atoms with van der Waals surface area (Å²) in [6.45, 7) is 0. The molecule has 0 aliphatic heterocycles. The molecule has 160 valence electrons. The van der Waals surface area contributed by atoms with Gasteiger partial charge in [0, 0.05) is 5.56 Å². The van der Waals surface area contributed by atoms with Crippen LogP contribution >= 0.6 is 0 Å². The molecule has 1 N–H and O–H groups in total. The van der Waals surface area contributed by atoms with Gasteiger partial charge in [0.25, 0.3) is 0 Å². The lowest BCUT2D eigenvalue weighted by molar-refractivity contribution is -0.00618. The Kier molecular flexibility index (Phi) is 5.24. The summed E-state index contributed by atoms with van der Waals surface area (Å²) in [4.78, 5) is 12.0. The molecule has 0 heterocycles. The zero-order chi connectivity index (χ0) is 21.4. The second-order valence-electron chi connectivity index (χ2n) is 9.56. The Bertz CT molecular complexity index is 995. The topological polar surface area (TPSA) is 55.8 Å². The van der Waals surface area contributed by atoms with Gasteiger partial charge in [-0.25, -0.2) is 4.79 Å². The smallest absolute Gasteiger partial charge is 0.352 e. The van der Waals surface area contributed by atoms with Crippen molar-refractivity contribution in [1.82, 2.24) is 0 Å². The normalized spacial score (nSPS) is 29.0. The maximum Gasteiger partial charge on any atom is 0.352 e. The van der Waals surface area contributed by atoms with E-state index < -0.39 is 12.1 Å². The Balaban J connectivity index is 1.33. The number of benzene rings is 2. The zero-order valence-electron chi connectivity index (χ0n) is 17.8. The van der Waals surface area contributed by atoms with Gasteiger partial charge in [0.1, 0.15) is 18.0 Å². The van der Waals surface area contributed by atoms with E-state index in [4.69, 9.17) is 9.47 Å². The van der Waals surface area contributed by atoms with Crippen molar-refractivity contribution in [2.24, 2.45) is 17.8 Å². The first-order chi connectivity index (χ1) is 15.1. The third-order valence-electron chi connectivity index (χ3n) is 7.50. The highest BCUT2D eigenvalue weighted by Gasteiger charge is 2.52. The van der Waals surface area contributed by atoms with Crippen LogP contribution in [-0.2, 0) is 10.2 Å². The lowest BCUT2D eigenvalue weighted by atomic mass is 9.48. The molecule has 4 fully saturated rings.